The number of phosphoric ester groups is 1. The van der Waals surface area contributed by atoms with Crippen molar-refractivity contribution in [2.24, 2.45) is 35.1 Å². The molecule has 23 nitrogen and oxygen atoms in total. The Morgan fingerprint density at radius 2 is 1.54 bits per heavy atom. The molecule has 0 aromatic rings. The molecule has 0 aliphatic carbocycles. The fraction of sp³-hybridized carbons (Fsp3) is 0.676. The summed E-state index contributed by atoms with van der Waals surface area (Å²) < 4.78 is 27.2. The van der Waals surface area contributed by atoms with Gasteiger partial charge in [0, 0.05) is 19.0 Å². The maximum Gasteiger partial charge on any atom is 0.469 e. The molecule has 1 aliphatic heterocycles. The molecule has 61 heavy (non-hydrogen) atoms. The van der Waals surface area contributed by atoms with Gasteiger partial charge in [0.05, 0.1) is 25.2 Å². The van der Waals surface area contributed by atoms with Crippen molar-refractivity contribution in [3.63, 3.8) is 0 Å². The van der Waals surface area contributed by atoms with Crippen molar-refractivity contribution in [3.05, 3.63) is 24.3 Å². The number of β-amino-alcohol motifs (C(OH)–C–C–N with tert-alkyl or cyclic N) is 1. The van der Waals surface area contributed by atoms with E-state index in [9.17, 15) is 62.9 Å². The van der Waals surface area contributed by atoms with Gasteiger partial charge < -0.3 is 67.1 Å². The Labute approximate surface area is 353 Å². The molecule has 0 aromatic carbocycles. The topological polar surface area (TPSA) is 366 Å². The minimum absolute atomic E-state index is 0.0495. The number of aliphatic hydroxyl groups is 2. The highest BCUT2D eigenvalue weighted by atomic mass is 31.2. The van der Waals surface area contributed by atoms with Gasteiger partial charge in [-0.05, 0) is 31.6 Å². The number of esters is 1. The van der Waals surface area contributed by atoms with Gasteiger partial charge in [0.15, 0.2) is 0 Å². The van der Waals surface area contributed by atoms with Crippen molar-refractivity contribution in [2.45, 2.75) is 116 Å². The predicted octanol–water partition coefficient (Wildman–Crippen LogP) is -2.02. The van der Waals surface area contributed by atoms with Crippen LogP contribution in [0, 0.1) is 23.7 Å². The number of hydrogen-bond donors (Lipinski definition) is 10. The summed E-state index contributed by atoms with van der Waals surface area (Å²) in [5.74, 6) is -11.2. The van der Waals surface area contributed by atoms with Crippen molar-refractivity contribution >= 4 is 55.3 Å². The lowest BCUT2D eigenvalue weighted by molar-refractivity contribution is -0.169. The molecule has 0 saturated carbocycles. The smallest absolute Gasteiger partial charge is 0.460 e. The summed E-state index contributed by atoms with van der Waals surface area (Å²) in [5.41, 5.74) is 10.6. The second kappa shape index (κ2) is 25.1. The second-order valence-electron chi connectivity index (χ2n) is 15.2. The molecule has 12 N–H and O–H groups in total. The third-order valence-electron chi connectivity index (χ3n) is 9.87. The van der Waals surface area contributed by atoms with Gasteiger partial charge >= 0.3 is 19.9 Å². The minimum atomic E-state index is -5.33. The van der Waals surface area contributed by atoms with E-state index in [1.54, 1.807) is 26.8 Å². The van der Waals surface area contributed by atoms with Crippen LogP contribution in [0.15, 0.2) is 24.3 Å². The summed E-state index contributed by atoms with van der Waals surface area (Å²) in [7, 11) is -4.17. The molecule has 1 aliphatic rings. The number of phosphoric acid groups is 1. The average Bonchev–Trinajstić information content (AvgIpc) is 3.16. The van der Waals surface area contributed by atoms with E-state index in [1.807, 2.05) is 13.8 Å². The van der Waals surface area contributed by atoms with Gasteiger partial charge in [-0.1, -0.05) is 66.2 Å². The molecule has 0 aromatic heterocycles. The maximum absolute atomic E-state index is 14.1. The van der Waals surface area contributed by atoms with Crippen LogP contribution in [0.2, 0.25) is 0 Å². The predicted molar refractivity (Wildman–Crippen MR) is 215 cm³/mol. The number of carbonyl (C=O) groups is 8. The van der Waals surface area contributed by atoms with Gasteiger partial charge in [-0.15, -0.1) is 0 Å². The Morgan fingerprint density at radius 1 is 0.951 bits per heavy atom. The SMILES string of the molecule is CCCC(C)C1OC(=O)C(C(C)C)N(C)C(=O)C(COP(=O)(O)O)NC(=O)C(C(C)C(N)=O)NC(=O)C(C(C)OC(N)=O)NC(=O)C(O)CNC(=O)C=CC=CCC(O)C1C. The first kappa shape index (κ1) is 54.1. The summed E-state index contributed by atoms with van der Waals surface area (Å²) in [6.45, 7) is 8.85. The Hall–Kier alpha value is -4.93. The van der Waals surface area contributed by atoms with Crippen LogP contribution in [-0.4, -0.2) is 141 Å². The number of aliphatic hydroxyl groups excluding tert-OH is 2. The van der Waals surface area contributed by atoms with Gasteiger partial charge in [-0.25, -0.2) is 14.2 Å². The summed E-state index contributed by atoms with van der Waals surface area (Å²) in [6, 6.07) is -7.40. The Bertz CT molecular complexity index is 1670. The minimum Gasteiger partial charge on any atom is -0.460 e. The van der Waals surface area contributed by atoms with Crippen LogP contribution in [0.1, 0.15) is 67.7 Å². The number of amides is 7. The third-order valence-corrected chi connectivity index (χ3v) is 10.4. The molecule has 0 radical (unpaired) electrons. The van der Waals surface area contributed by atoms with Crippen LogP contribution in [0.25, 0.3) is 0 Å². The van der Waals surface area contributed by atoms with Crippen molar-refractivity contribution in [3.8, 4) is 0 Å². The van der Waals surface area contributed by atoms with Gasteiger partial charge in [0.25, 0.3) is 5.91 Å². The van der Waals surface area contributed by atoms with E-state index < -0.39 is 135 Å². The van der Waals surface area contributed by atoms with Gasteiger partial charge in [-0.2, -0.15) is 0 Å². The number of nitrogens with one attached hydrogen (secondary N) is 4. The van der Waals surface area contributed by atoms with Crippen LogP contribution < -0.4 is 32.7 Å². The molecule has 24 heteroatoms. The number of carbonyl (C=O) groups excluding carboxylic acids is 8. The van der Waals surface area contributed by atoms with E-state index >= 15 is 0 Å². The van der Waals surface area contributed by atoms with Crippen molar-refractivity contribution in [1.82, 2.24) is 26.2 Å². The van der Waals surface area contributed by atoms with E-state index in [0.29, 0.717) is 12.8 Å². The molecule has 7 amide bonds. The standard InChI is InChI=1S/C37H62N7O16P/c1-9-13-19(4)30-20(5)24(45)14-11-10-12-15-26(47)40-16-25(46)32(49)43-28(22(7)59-37(39)54)34(51)42-27(21(6)31(38)48)33(50)41-23(17-58-61(55,56)57)35(52)44(8)29(18(2)3)36(53)60-30/h10-12,15,18-25,27-30,45-46H,9,13-14,16-17H2,1-8H3,(H2,38,48)(H2,39,54)(H,40,47)(H,41,50)(H,42,51)(H,43,49)(H2,55,56,57). The monoisotopic (exact) mass is 891 g/mol. The molecular formula is C37H62N7O16P. The molecule has 1 heterocycles. The highest BCUT2D eigenvalue weighted by Gasteiger charge is 2.42. The summed E-state index contributed by atoms with van der Waals surface area (Å²) in [4.78, 5) is 125. The van der Waals surface area contributed by atoms with Crippen LogP contribution in [0.4, 0.5) is 4.79 Å². The zero-order valence-corrected chi connectivity index (χ0v) is 36.4. The summed E-state index contributed by atoms with van der Waals surface area (Å²) in [6.07, 6.45) is -0.290. The molecule has 1 rings (SSSR count). The Morgan fingerprint density at radius 3 is 2.08 bits per heavy atom. The van der Waals surface area contributed by atoms with Crippen LogP contribution in [0.5, 0.6) is 0 Å². The maximum atomic E-state index is 14.1. The zero-order valence-electron chi connectivity index (χ0n) is 35.5. The van der Waals surface area contributed by atoms with Crippen molar-refractivity contribution < 1.29 is 76.9 Å². The van der Waals surface area contributed by atoms with E-state index in [0.717, 1.165) is 31.9 Å². The normalized spacial score (nSPS) is 27.8. The molecular weight excluding hydrogens is 829 g/mol. The van der Waals surface area contributed by atoms with Crippen molar-refractivity contribution in [1.29, 1.82) is 0 Å². The summed E-state index contributed by atoms with van der Waals surface area (Å²) >= 11 is 0. The fourth-order valence-corrected chi connectivity index (χ4v) is 6.72. The number of primary amides is 2. The largest absolute Gasteiger partial charge is 0.469 e. The van der Waals surface area contributed by atoms with Crippen LogP contribution >= 0.6 is 7.82 Å². The number of nitrogens with zero attached hydrogens (tertiary/aromatic N) is 1. The van der Waals surface area contributed by atoms with Crippen LogP contribution in [0.3, 0.4) is 0 Å². The molecule has 0 bridgehead atoms. The molecule has 11 unspecified atom stereocenters. The van der Waals surface area contributed by atoms with Crippen molar-refractivity contribution in [2.75, 3.05) is 20.2 Å². The van der Waals surface area contributed by atoms with Gasteiger partial charge in [0.1, 0.15) is 42.5 Å². The number of cyclic esters (lactones) is 1. The molecule has 0 spiro atoms. The van der Waals surface area contributed by atoms with Gasteiger partial charge in [-0.3, -0.25) is 33.3 Å². The molecule has 11 atom stereocenters. The Balaban J connectivity index is 3.94. The van der Waals surface area contributed by atoms with E-state index in [2.05, 4.69) is 25.8 Å². The lowest BCUT2D eigenvalue weighted by atomic mass is 9.85. The quantitative estimate of drug-likeness (QED) is 0.0790. The fourth-order valence-electron chi connectivity index (χ4n) is 6.38. The third kappa shape index (κ3) is 17.9. The number of allylic oxidation sites excluding steroid dienone is 2. The Kier molecular flexibility index (Phi) is 22.3. The first-order chi connectivity index (χ1) is 28.2. The first-order valence-corrected chi connectivity index (χ1v) is 21.1. The highest BCUT2D eigenvalue weighted by molar-refractivity contribution is 7.46. The number of hydrogen-bond acceptors (Lipinski definition) is 14. The lowest BCUT2D eigenvalue weighted by Gasteiger charge is -2.37. The molecule has 346 valence electrons. The highest BCUT2D eigenvalue weighted by Crippen LogP contribution is 2.36. The lowest BCUT2D eigenvalue weighted by Crippen LogP contribution is -2.63. The number of likely N-dealkylation sites (N-methyl/N-ethyl adjacent to an activating group) is 1. The van der Waals surface area contributed by atoms with Gasteiger partial charge in [0.2, 0.25) is 29.5 Å². The van der Waals surface area contributed by atoms with Crippen LogP contribution in [-0.2, 0) is 52.1 Å². The number of ether oxygens (including phenoxy) is 2. The van der Waals surface area contributed by atoms with E-state index in [-0.39, 0.29) is 12.3 Å². The summed E-state index contributed by atoms with van der Waals surface area (Å²) in [5, 5.41) is 30.4. The number of rotatable bonds is 11. The second-order valence-corrected chi connectivity index (χ2v) is 16.4. The first-order valence-electron chi connectivity index (χ1n) is 19.5. The molecule has 0 saturated heterocycles. The van der Waals surface area contributed by atoms with E-state index in [1.165, 1.54) is 12.2 Å². The average molecular weight is 892 g/mol. The molecule has 0 fully saturated rings. The number of nitrogens with two attached hydrogens (primary N) is 2. The zero-order chi connectivity index (χ0) is 46.9. The van der Waals surface area contributed by atoms with E-state index in [4.69, 9.17) is 20.9 Å².